The average Bonchev–Trinajstić information content (AvgIpc) is 3.16. The fourth-order valence-corrected chi connectivity index (χ4v) is 3.82. The zero-order valence-electron chi connectivity index (χ0n) is 11.7. The number of fused-ring (bicyclic) bond motifs is 2. The summed E-state index contributed by atoms with van der Waals surface area (Å²) >= 11 is 0. The van der Waals surface area contributed by atoms with Gasteiger partial charge in [0.05, 0.1) is 5.56 Å². The Morgan fingerprint density at radius 2 is 2.05 bits per heavy atom. The number of hydrogen-bond acceptors (Lipinski definition) is 4. The van der Waals surface area contributed by atoms with Crippen molar-refractivity contribution in [3.05, 3.63) is 30.2 Å². The molecule has 0 aliphatic heterocycles. The molecule has 4 nitrogen and oxygen atoms in total. The third-order valence-electron chi connectivity index (χ3n) is 4.76. The Balaban J connectivity index is 1.62. The van der Waals surface area contributed by atoms with Gasteiger partial charge in [-0.3, -0.25) is 0 Å². The number of rotatable bonds is 3. The molecule has 4 heteroatoms. The zero-order valence-corrected chi connectivity index (χ0v) is 11.7. The molecule has 0 amide bonds. The summed E-state index contributed by atoms with van der Waals surface area (Å²) in [7, 11) is 0. The summed E-state index contributed by atoms with van der Waals surface area (Å²) in [5.74, 6) is 3.00. The van der Waals surface area contributed by atoms with Crippen molar-refractivity contribution < 1.29 is 4.42 Å². The molecule has 1 heterocycles. The summed E-state index contributed by atoms with van der Waals surface area (Å²) in [5, 5.41) is 11.8. The van der Waals surface area contributed by atoms with Crippen molar-refractivity contribution in [3.63, 3.8) is 0 Å². The van der Waals surface area contributed by atoms with E-state index >= 15 is 0 Å². The molecule has 2 saturated carbocycles. The molecule has 20 heavy (non-hydrogen) atoms. The Morgan fingerprint density at radius 1 is 1.15 bits per heavy atom. The van der Waals surface area contributed by atoms with E-state index in [9.17, 15) is 0 Å². The van der Waals surface area contributed by atoms with Crippen LogP contribution in [0.3, 0.4) is 0 Å². The van der Waals surface area contributed by atoms with Crippen LogP contribution in [0, 0.1) is 18.8 Å². The van der Waals surface area contributed by atoms with Crippen LogP contribution in [0.5, 0.6) is 0 Å². The second-order valence-electron chi connectivity index (χ2n) is 6.10. The van der Waals surface area contributed by atoms with Crippen LogP contribution < -0.4 is 5.32 Å². The summed E-state index contributed by atoms with van der Waals surface area (Å²) in [6.45, 7) is 1.82. The van der Waals surface area contributed by atoms with Crippen molar-refractivity contribution in [2.75, 3.05) is 5.32 Å². The molecule has 3 atom stereocenters. The maximum absolute atomic E-state index is 5.57. The highest BCUT2D eigenvalue weighted by molar-refractivity contribution is 5.72. The molecule has 2 bridgehead atoms. The molecule has 104 valence electrons. The van der Waals surface area contributed by atoms with Gasteiger partial charge in [-0.2, -0.15) is 0 Å². The maximum atomic E-state index is 5.57. The zero-order chi connectivity index (χ0) is 13.5. The number of nitrogens with zero attached hydrogens (tertiary/aromatic N) is 2. The molecule has 2 fully saturated rings. The number of para-hydroxylation sites is 1. The topological polar surface area (TPSA) is 51.0 Å². The standard InChI is InChI=1S/C16H19N3O/c1-10-18-19-16(20-10)13-4-2-3-5-14(13)17-15-9-11-6-7-12(15)8-11/h2-5,11-12,15,17H,6-9H2,1H3. The van der Waals surface area contributed by atoms with E-state index in [4.69, 9.17) is 4.42 Å². The van der Waals surface area contributed by atoms with E-state index in [2.05, 4.69) is 27.6 Å². The fourth-order valence-electron chi connectivity index (χ4n) is 3.82. The number of nitrogens with one attached hydrogen (secondary N) is 1. The Morgan fingerprint density at radius 3 is 2.75 bits per heavy atom. The van der Waals surface area contributed by atoms with E-state index in [1.54, 1.807) is 0 Å². The van der Waals surface area contributed by atoms with Crippen LogP contribution in [-0.4, -0.2) is 16.2 Å². The van der Waals surface area contributed by atoms with Crippen LogP contribution >= 0.6 is 0 Å². The molecule has 1 N–H and O–H groups in total. The molecule has 3 unspecified atom stereocenters. The average molecular weight is 269 g/mol. The first-order chi connectivity index (χ1) is 9.79. The predicted molar refractivity (Wildman–Crippen MR) is 77.3 cm³/mol. The van der Waals surface area contributed by atoms with Gasteiger partial charge in [0.25, 0.3) is 0 Å². The normalized spacial score (nSPS) is 27.9. The molecular formula is C16H19N3O. The Hall–Kier alpha value is -1.84. The van der Waals surface area contributed by atoms with Crippen molar-refractivity contribution >= 4 is 5.69 Å². The van der Waals surface area contributed by atoms with E-state index in [0.717, 1.165) is 23.1 Å². The third kappa shape index (κ3) is 1.99. The van der Waals surface area contributed by atoms with Gasteiger partial charge < -0.3 is 9.73 Å². The van der Waals surface area contributed by atoms with Crippen LogP contribution in [0.2, 0.25) is 0 Å². The number of hydrogen-bond donors (Lipinski definition) is 1. The minimum absolute atomic E-state index is 0.605. The van der Waals surface area contributed by atoms with Gasteiger partial charge in [-0.1, -0.05) is 18.6 Å². The quantitative estimate of drug-likeness (QED) is 0.924. The van der Waals surface area contributed by atoms with Gasteiger partial charge in [0.2, 0.25) is 11.8 Å². The Bertz CT molecular complexity index is 622. The van der Waals surface area contributed by atoms with E-state index < -0.39 is 0 Å². The van der Waals surface area contributed by atoms with Gasteiger partial charge >= 0.3 is 0 Å². The second kappa shape index (κ2) is 4.62. The van der Waals surface area contributed by atoms with Crippen LogP contribution in [0.15, 0.2) is 28.7 Å². The molecule has 2 aromatic rings. The Labute approximate surface area is 118 Å². The minimum atomic E-state index is 0.605. The smallest absolute Gasteiger partial charge is 0.249 e. The number of aryl methyl sites for hydroxylation is 1. The highest BCUT2D eigenvalue weighted by atomic mass is 16.4. The van der Waals surface area contributed by atoms with E-state index in [-0.39, 0.29) is 0 Å². The lowest BCUT2D eigenvalue weighted by atomic mass is 9.95. The van der Waals surface area contributed by atoms with Crippen molar-refractivity contribution in [1.29, 1.82) is 0 Å². The van der Waals surface area contributed by atoms with E-state index in [1.807, 2.05) is 19.1 Å². The summed E-state index contributed by atoms with van der Waals surface area (Å²) in [5.41, 5.74) is 2.13. The van der Waals surface area contributed by atoms with Crippen LogP contribution in [0.4, 0.5) is 5.69 Å². The maximum Gasteiger partial charge on any atom is 0.249 e. The molecule has 2 aliphatic rings. The van der Waals surface area contributed by atoms with Gasteiger partial charge in [0.1, 0.15) is 0 Å². The Kier molecular flexibility index (Phi) is 2.76. The highest BCUT2D eigenvalue weighted by Gasteiger charge is 2.39. The molecule has 1 aromatic carbocycles. The van der Waals surface area contributed by atoms with Gasteiger partial charge in [-0.25, -0.2) is 0 Å². The van der Waals surface area contributed by atoms with Crippen LogP contribution in [0.25, 0.3) is 11.5 Å². The summed E-state index contributed by atoms with van der Waals surface area (Å²) in [6.07, 6.45) is 5.51. The summed E-state index contributed by atoms with van der Waals surface area (Å²) in [4.78, 5) is 0. The van der Waals surface area contributed by atoms with Crippen LogP contribution in [-0.2, 0) is 0 Å². The van der Waals surface area contributed by atoms with Crippen molar-refractivity contribution in [3.8, 4) is 11.5 Å². The lowest BCUT2D eigenvalue weighted by Gasteiger charge is -2.24. The lowest BCUT2D eigenvalue weighted by molar-refractivity contribution is 0.439. The molecule has 0 spiro atoms. The summed E-state index contributed by atoms with van der Waals surface area (Å²) < 4.78 is 5.57. The van der Waals surface area contributed by atoms with Crippen molar-refractivity contribution in [2.45, 2.75) is 38.6 Å². The second-order valence-corrected chi connectivity index (χ2v) is 6.10. The first-order valence-electron chi connectivity index (χ1n) is 7.45. The first kappa shape index (κ1) is 11.9. The lowest BCUT2D eigenvalue weighted by Crippen LogP contribution is -2.26. The minimum Gasteiger partial charge on any atom is -0.421 e. The molecule has 1 aromatic heterocycles. The van der Waals surface area contributed by atoms with E-state index in [0.29, 0.717) is 17.8 Å². The van der Waals surface area contributed by atoms with Gasteiger partial charge in [0.15, 0.2) is 0 Å². The highest BCUT2D eigenvalue weighted by Crippen LogP contribution is 2.46. The third-order valence-corrected chi connectivity index (χ3v) is 4.76. The molecule has 0 radical (unpaired) electrons. The molecule has 0 saturated heterocycles. The van der Waals surface area contributed by atoms with Gasteiger partial charge in [-0.05, 0) is 43.2 Å². The van der Waals surface area contributed by atoms with Gasteiger partial charge in [0, 0.05) is 18.7 Å². The van der Waals surface area contributed by atoms with Crippen molar-refractivity contribution in [2.24, 2.45) is 11.8 Å². The molecule has 4 rings (SSSR count). The first-order valence-corrected chi connectivity index (χ1v) is 7.45. The molecular weight excluding hydrogens is 250 g/mol. The summed E-state index contributed by atoms with van der Waals surface area (Å²) in [6, 6.07) is 8.84. The fraction of sp³-hybridized carbons (Fsp3) is 0.500. The van der Waals surface area contributed by atoms with E-state index in [1.165, 1.54) is 25.7 Å². The number of benzene rings is 1. The number of anilines is 1. The van der Waals surface area contributed by atoms with Crippen molar-refractivity contribution in [1.82, 2.24) is 10.2 Å². The SMILES string of the molecule is Cc1nnc(-c2ccccc2NC2CC3CCC2C3)o1. The van der Waals surface area contributed by atoms with Gasteiger partial charge in [-0.15, -0.1) is 10.2 Å². The monoisotopic (exact) mass is 269 g/mol. The predicted octanol–water partition coefficient (Wildman–Crippen LogP) is 3.65. The van der Waals surface area contributed by atoms with Crippen LogP contribution in [0.1, 0.15) is 31.6 Å². The number of aromatic nitrogens is 2. The molecule has 2 aliphatic carbocycles. The largest absolute Gasteiger partial charge is 0.421 e.